The SMILES string of the molecule is C=CCCNCc1cccc(F)c1O. The van der Waals surface area contributed by atoms with Crippen LogP contribution in [0.25, 0.3) is 0 Å². The summed E-state index contributed by atoms with van der Waals surface area (Å²) in [6.07, 6.45) is 2.66. The average Bonchev–Trinajstić information content (AvgIpc) is 2.19. The zero-order chi connectivity index (χ0) is 10.4. The second-order valence-electron chi connectivity index (χ2n) is 3.00. The molecule has 0 saturated heterocycles. The van der Waals surface area contributed by atoms with E-state index in [1.54, 1.807) is 18.2 Å². The van der Waals surface area contributed by atoms with Gasteiger partial charge in [-0.3, -0.25) is 0 Å². The molecule has 0 heterocycles. The topological polar surface area (TPSA) is 32.3 Å². The summed E-state index contributed by atoms with van der Waals surface area (Å²) >= 11 is 0. The van der Waals surface area contributed by atoms with Crippen LogP contribution < -0.4 is 5.32 Å². The number of hydrogen-bond donors (Lipinski definition) is 2. The van der Waals surface area contributed by atoms with Crippen molar-refractivity contribution in [1.29, 1.82) is 0 Å². The minimum Gasteiger partial charge on any atom is -0.505 e. The van der Waals surface area contributed by atoms with Crippen molar-refractivity contribution in [1.82, 2.24) is 5.32 Å². The largest absolute Gasteiger partial charge is 0.505 e. The molecule has 0 aromatic heterocycles. The number of rotatable bonds is 5. The Hall–Kier alpha value is -1.35. The van der Waals surface area contributed by atoms with Crippen molar-refractivity contribution in [3.05, 3.63) is 42.2 Å². The summed E-state index contributed by atoms with van der Waals surface area (Å²) < 4.78 is 12.9. The fraction of sp³-hybridized carbons (Fsp3) is 0.273. The molecule has 1 aromatic rings. The van der Waals surface area contributed by atoms with Crippen molar-refractivity contribution < 1.29 is 9.50 Å². The molecule has 0 bridgehead atoms. The van der Waals surface area contributed by atoms with Gasteiger partial charge in [-0.2, -0.15) is 0 Å². The Balaban J connectivity index is 2.50. The Morgan fingerprint density at radius 1 is 1.50 bits per heavy atom. The number of phenols is 1. The molecule has 2 N–H and O–H groups in total. The van der Waals surface area contributed by atoms with E-state index in [2.05, 4.69) is 11.9 Å². The fourth-order valence-electron chi connectivity index (χ4n) is 1.13. The lowest BCUT2D eigenvalue weighted by Gasteiger charge is -2.05. The maximum Gasteiger partial charge on any atom is 0.165 e. The molecule has 0 fully saturated rings. The molecule has 1 rings (SSSR count). The van der Waals surface area contributed by atoms with Gasteiger partial charge in [-0.05, 0) is 19.0 Å². The van der Waals surface area contributed by atoms with Crippen LogP contribution in [0.4, 0.5) is 4.39 Å². The Morgan fingerprint density at radius 3 is 3.00 bits per heavy atom. The van der Waals surface area contributed by atoms with Crippen LogP contribution in [0.3, 0.4) is 0 Å². The van der Waals surface area contributed by atoms with Gasteiger partial charge in [-0.15, -0.1) is 6.58 Å². The van der Waals surface area contributed by atoms with Gasteiger partial charge < -0.3 is 10.4 Å². The van der Waals surface area contributed by atoms with E-state index in [4.69, 9.17) is 0 Å². The van der Waals surface area contributed by atoms with E-state index in [0.717, 1.165) is 13.0 Å². The van der Waals surface area contributed by atoms with E-state index in [-0.39, 0.29) is 5.75 Å². The van der Waals surface area contributed by atoms with Crippen LogP contribution in [0, 0.1) is 5.82 Å². The van der Waals surface area contributed by atoms with Crippen LogP contribution >= 0.6 is 0 Å². The summed E-state index contributed by atoms with van der Waals surface area (Å²) in [6, 6.07) is 4.52. The zero-order valence-corrected chi connectivity index (χ0v) is 7.96. The lowest BCUT2D eigenvalue weighted by atomic mass is 10.2. The highest BCUT2D eigenvalue weighted by Gasteiger charge is 2.04. The number of benzene rings is 1. The molecule has 76 valence electrons. The summed E-state index contributed by atoms with van der Waals surface area (Å²) in [5, 5.41) is 12.4. The first kappa shape index (κ1) is 10.7. The summed E-state index contributed by atoms with van der Waals surface area (Å²) in [6.45, 7) is 4.83. The summed E-state index contributed by atoms with van der Waals surface area (Å²) in [5.74, 6) is -0.841. The minimum atomic E-state index is -0.576. The van der Waals surface area contributed by atoms with Gasteiger partial charge in [0.05, 0.1) is 0 Å². The van der Waals surface area contributed by atoms with Crippen LogP contribution in [-0.2, 0) is 6.54 Å². The van der Waals surface area contributed by atoms with Gasteiger partial charge in [0, 0.05) is 12.1 Å². The molecule has 0 aliphatic heterocycles. The standard InChI is InChI=1S/C11H14FNO/c1-2-3-7-13-8-9-5-4-6-10(12)11(9)14/h2,4-6,13-14H,1,3,7-8H2. The van der Waals surface area contributed by atoms with E-state index in [0.29, 0.717) is 12.1 Å². The van der Waals surface area contributed by atoms with E-state index >= 15 is 0 Å². The first-order valence-electron chi connectivity index (χ1n) is 4.53. The Bertz CT molecular complexity index is 312. The highest BCUT2D eigenvalue weighted by Crippen LogP contribution is 2.19. The van der Waals surface area contributed by atoms with Crippen molar-refractivity contribution in [2.75, 3.05) is 6.54 Å². The van der Waals surface area contributed by atoms with Crippen molar-refractivity contribution in [2.24, 2.45) is 0 Å². The van der Waals surface area contributed by atoms with Gasteiger partial charge >= 0.3 is 0 Å². The highest BCUT2D eigenvalue weighted by atomic mass is 19.1. The molecular formula is C11H14FNO. The van der Waals surface area contributed by atoms with Gasteiger partial charge in [0.2, 0.25) is 0 Å². The van der Waals surface area contributed by atoms with E-state index in [9.17, 15) is 9.50 Å². The number of aromatic hydroxyl groups is 1. The van der Waals surface area contributed by atoms with Gasteiger partial charge in [0.15, 0.2) is 11.6 Å². The van der Waals surface area contributed by atoms with Crippen molar-refractivity contribution in [3.8, 4) is 5.75 Å². The maximum absolute atomic E-state index is 12.9. The van der Waals surface area contributed by atoms with Gasteiger partial charge in [-0.25, -0.2) is 4.39 Å². The zero-order valence-electron chi connectivity index (χ0n) is 7.96. The molecule has 1 aromatic carbocycles. The molecule has 0 radical (unpaired) electrons. The average molecular weight is 195 g/mol. The van der Waals surface area contributed by atoms with Crippen LogP contribution in [0.5, 0.6) is 5.75 Å². The second-order valence-corrected chi connectivity index (χ2v) is 3.00. The van der Waals surface area contributed by atoms with Gasteiger partial charge in [-0.1, -0.05) is 18.2 Å². The van der Waals surface area contributed by atoms with Gasteiger partial charge in [0.1, 0.15) is 0 Å². The van der Waals surface area contributed by atoms with E-state index < -0.39 is 5.82 Å². The van der Waals surface area contributed by atoms with Crippen LogP contribution in [-0.4, -0.2) is 11.7 Å². The number of para-hydroxylation sites is 1. The molecule has 0 unspecified atom stereocenters. The van der Waals surface area contributed by atoms with Crippen LogP contribution in [0.1, 0.15) is 12.0 Å². The fourth-order valence-corrected chi connectivity index (χ4v) is 1.13. The number of nitrogens with one attached hydrogen (secondary N) is 1. The molecule has 0 atom stereocenters. The summed E-state index contributed by atoms with van der Waals surface area (Å²) in [7, 11) is 0. The Morgan fingerprint density at radius 2 is 2.29 bits per heavy atom. The number of halogens is 1. The predicted molar refractivity (Wildman–Crippen MR) is 54.6 cm³/mol. The first-order chi connectivity index (χ1) is 6.75. The third-order valence-electron chi connectivity index (χ3n) is 1.91. The lowest BCUT2D eigenvalue weighted by molar-refractivity contribution is 0.423. The molecule has 2 nitrogen and oxygen atoms in total. The van der Waals surface area contributed by atoms with Crippen molar-refractivity contribution in [2.45, 2.75) is 13.0 Å². The third kappa shape index (κ3) is 2.85. The molecule has 0 aliphatic carbocycles. The van der Waals surface area contributed by atoms with E-state index in [1.807, 2.05) is 0 Å². The first-order valence-corrected chi connectivity index (χ1v) is 4.53. The number of hydrogen-bond acceptors (Lipinski definition) is 2. The molecule has 0 aliphatic rings. The monoisotopic (exact) mass is 195 g/mol. The predicted octanol–water partition coefficient (Wildman–Crippen LogP) is 2.20. The summed E-state index contributed by atoms with van der Waals surface area (Å²) in [5.41, 5.74) is 0.578. The third-order valence-corrected chi connectivity index (χ3v) is 1.91. The van der Waals surface area contributed by atoms with Crippen LogP contribution in [0.2, 0.25) is 0 Å². The quantitative estimate of drug-likeness (QED) is 0.557. The summed E-state index contributed by atoms with van der Waals surface area (Å²) in [4.78, 5) is 0. The lowest BCUT2D eigenvalue weighted by Crippen LogP contribution is -2.14. The number of phenolic OH excluding ortho intramolecular Hbond substituents is 1. The van der Waals surface area contributed by atoms with Crippen molar-refractivity contribution in [3.63, 3.8) is 0 Å². The Labute approximate surface area is 83.1 Å². The molecule has 0 spiro atoms. The molecule has 14 heavy (non-hydrogen) atoms. The van der Waals surface area contributed by atoms with Crippen molar-refractivity contribution >= 4 is 0 Å². The molecule has 0 saturated carbocycles. The molecular weight excluding hydrogens is 181 g/mol. The second kappa shape index (κ2) is 5.40. The normalized spacial score (nSPS) is 10.1. The van der Waals surface area contributed by atoms with E-state index in [1.165, 1.54) is 6.07 Å². The highest BCUT2D eigenvalue weighted by molar-refractivity contribution is 5.33. The molecule has 3 heteroatoms. The van der Waals surface area contributed by atoms with Gasteiger partial charge in [0.25, 0.3) is 0 Å². The minimum absolute atomic E-state index is 0.265. The molecule has 0 amide bonds. The smallest absolute Gasteiger partial charge is 0.165 e. The maximum atomic E-state index is 12.9. The Kier molecular flexibility index (Phi) is 4.13. The van der Waals surface area contributed by atoms with Crippen LogP contribution in [0.15, 0.2) is 30.9 Å².